The van der Waals surface area contributed by atoms with Crippen LogP contribution in [0.1, 0.15) is 0 Å². The monoisotopic (exact) mass is 444 g/mol. The van der Waals surface area contributed by atoms with Crippen LogP contribution < -0.4 is 4.74 Å². The highest BCUT2D eigenvalue weighted by atomic mass is 16.5. The van der Waals surface area contributed by atoms with Gasteiger partial charge in [0, 0.05) is 65.5 Å². The minimum absolute atomic E-state index is 0.0903. The average molecular weight is 444 g/mol. The molecule has 6 rings (SSSR count). The van der Waals surface area contributed by atoms with E-state index in [-0.39, 0.29) is 12.5 Å². The van der Waals surface area contributed by atoms with Crippen LogP contribution in [0, 0.1) is 0 Å². The fourth-order valence-corrected chi connectivity index (χ4v) is 4.69. The third-order valence-corrected chi connectivity index (χ3v) is 6.40. The lowest BCUT2D eigenvalue weighted by atomic mass is 10.1. The molecule has 5 heterocycles. The van der Waals surface area contributed by atoms with Crippen LogP contribution in [0.2, 0.25) is 0 Å². The van der Waals surface area contributed by atoms with Crippen LogP contribution in [-0.2, 0) is 23.1 Å². The van der Waals surface area contributed by atoms with Gasteiger partial charge in [-0.2, -0.15) is 5.10 Å². The summed E-state index contributed by atoms with van der Waals surface area (Å²) >= 11 is 0. The molecular formula is C24H24N6O3. The maximum atomic E-state index is 13.0. The molecule has 0 unspecified atom stereocenters. The van der Waals surface area contributed by atoms with Gasteiger partial charge in [0.05, 0.1) is 32.0 Å². The smallest absolute Gasteiger partial charge is 0.242 e. The molecule has 0 atom stereocenters. The molecule has 1 fully saturated rings. The van der Waals surface area contributed by atoms with E-state index in [9.17, 15) is 4.79 Å². The van der Waals surface area contributed by atoms with Crippen LogP contribution in [0.25, 0.3) is 44.1 Å². The number of ether oxygens (including phenoxy) is 2. The van der Waals surface area contributed by atoms with E-state index in [2.05, 4.69) is 21.1 Å². The molecule has 1 amide bonds. The van der Waals surface area contributed by atoms with Crippen molar-refractivity contribution in [3.05, 3.63) is 42.9 Å². The molecule has 0 radical (unpaired) electrons. The lowest BCUT2D eigenvalue weighted by Crippen LogP contribution is -2.42. The highest BCUT2D eigenvalue weighted by molar-refractivity contribution is 6.06. The van der Waals surface area contributed by atoms with Crippen molar-refractivity contribution in [2.24, 2.45) is 7.05 Å². The average Bonchev–Trinajstić information content (AvgIpc) is 3.54. The Bertz CT molecular complexity index is 1510. The number of carbonyl (C=O) groups excluding carboxylic acids is 1. The van der Waals surface area contributed by atoms with Crippen molar-refractivity contribution in [1.82, 2.24) is 29.2 Å². The van der Waals surface area contributed by atoms with E-state index in [1.807, 2.05) is 58.0 Å². The number of morpholine rings is 1. The summed E-state index contributed by atoms with van der Waals surface area (Å²) in [5.41, 5.74) is 4.74. The topological polar surface area (TPSA) is 90.2 Å². The molecule has 33 heavy (non-hydrogen) atoms. The summed E-state index contributed by atoms with van der Waals surface area (Å²) in [6, 6.07) is 8.05. The zero-order valence-electron chi connectivity index (χ0n) is 18.5. The molecule has 168 valence electrons. The Morgan fingerprint density at radius 1 is 1.18 bits per heavy atom. The Hall–Kier alpha value is -3.85. The summed E-state index contributed by atoms with van der Waals surface area (Å²) in [5.74, 6) is 0.858. The first-order valence-corrected chi connectivity index (χ1v) is 10.9. The quantitative estimate of drug-likeness (QED) is 0.460. The Labute approximate surface area is 189 Å². The van der Waals surface area contributed by atoms with Gasteiger partial charge in [0.1, 0.15) is 17.9 Å². The SMILES string of the molecule is COc1ccc2c(c1)c(-c1cc3c(ncc4cnn(C)c43)[nH]1)cn2CC(=O)N1CCOCC1. The van der Waals surface area contributed by atoms with Crippen molar-refractivity contribution in [3.63, 3.8) is 0 Å². The predicted octanol–water partition coefficient (Wildman–Crippen LogP) is 2.94. The van der Waals surface area contributed by atoms with Crippen molar-refractivity contribution in [2.45, 2.75) is 6.54 Å². The molecule has 1 N–H and O–H groups in total. The number of aryl methyl sites for hydroxylation is 1. The van der Waals surface area contributed by atoms with Crippen LogP contribution in [0.3, 0.4) is 0 Å². The van der Waals surface area contributed by atoms with E-state index in [0.717, 1.165) is 49.8 Å². The molecule has 1 aliphatic heterocycles. The maximum Gasteiger partial charge on any atom is 0.242 e. The number of fused-ring (bicyclic) bond motifs is 4. The Morgan fingerprint density at radius 3 is 2.85 bits per heavy atom. The standard InChI is InChI=1S/C24H24N6O3/c1-28-23-15(12-26-28)11-25-24-18(23)10-20(27-24)19-13-30(14-22(31)29-5-7-33-8-6-29)21-4-3-16(32-2)9-17(19)21/h3-4,9-13H,5-8,14H2,1-2H3,(H,25,27). The van der Waals surface area contributed by atoms with Crippen molar-refractivity contribution in [2.75, 3.05) is 33.4 Å². The Balaban J connectivity index is 1.48. The van der Waals surface area contributed by atoms with Crippen LogP contribution in [0.4, 0.5) is 0 Å². The number of aromatic amines is 1. The molecule has 5 aromatic rings. The molecule has 1 saturated heterocycles. The normalized spacial score (nSPS) is 14.5. The molecule has 4 aromatic heterocycles. The number of nitrogens with zero attached hydrogens (tertiary/aromatic N) is 5. The molecular weight excluding hydrogens is 420 g/mol. The third kappa shape index (κ3) is 3.23. The third-order valence-electron chi connectivity index (χ3n) is 6.40. The number of hydrogen-bond donors (Lipinski definition) is 1. The highest BCUT2D eigenvalue weighted by Gasteiger charge is 2.20. The van der Waals surface area contributed by atoms with Gasteiger partial charge in [-0.15, -0.1) is 0 Å². The number of pyridine rings is 1. The zero-order valence-corrected chi connectivity index (χ0v) is 18.5. The Kier molecular flexibility index (Phi) is 4.58. The van der Waals surface area contributed by atoms with Crippen LogP contribution in [0.15, 0.2) is 42.9 Å². The number of hydrogen-bond acceptors (Lipinski definition) is 5. The van der Waals surface area contributed by atoms with Crippen LogP contribution in [-0.4, -0.2) is 68.5 Å². The van der Waals surface area contributed by atoms with Gasteiger partial charge in [0.25, 0.3) is 0 Å². The van der Waals surface area contributed by atoms with E-state index in [1.54, 1.807) is 7.11 Å². The van der Waals surface area contributed by atoms with Crippen LogP contribution in [0.5, 0.6) is 5.75 Å². The van der Waals surface area contributed by atoms with Gasteiger partial charge in [0.15, 0.2) is 0 Å². The Morgan fingerprint density at radius 2 is 2.03 bits per heavy atom. The first-order valence-electron chi connectivity index (χ1n) is 10.9. The van der Waals surface area contributed by atoms with E-state index in [0.29, 0.717) is 26.3 Å². The number of carbonyl (C=O) groups is 1. The summed E-state index contributed by atoms with van der Waals surface area (Å²) in [4.78, 5) is 22.9. The van der Waals surface area contributed by atoms with E-state index >= 15 is 0 Å². The van der Waals surface area contributed by atoms with Gasteiger partial charge in [-0.05, 0) is 24.3 Å². The van der Waals surface area contributed by atoms with Crippen molar-refractivity contribution < 1.29 is 14.3 Å². The number of aromatic nitrogens is 5. The van der Waals surface area contributed by atoms with E-state index < -0.39 is 0 Å². The summed E-state index contributed by atoms with van der Waals surface area (Å²) in [5, 5.41) is 7.39. The van der Waals surface area contributed by atoms with Crippen molar-refractivity contribution in [3.8, 4) is 17.0 Å². The summed E-state index contributed by atoms with van der Waals surface area (Å²) < 4.78 is 14.8. The lowest BCUT2D eigenvalue weighted by Gasteiger charge is -2.27. The number of nitrogens with one attached hydrogen (secondary N) is 1. The minimum atomic E-state index is 0.0903. The largest absolute Gasteiger partial charge is 0.497 e. The molecule has 0 bridgehead atoms. The number of benzene rings is 1. The minimum Gasteiger partial charge on any atom is -0.497 e. The van der Waals surface area contributed by atoms with E-state index in [4.69, 9.17) is 9.47 Å². The van der Waals surface area contributed by atoms with Gasteiger partial charge >= 0.3 is 0 Å². The first-order chi connectivity index (χ1) is 16.1. The van der Waals surface area contributed by atoms with Gasteiger partial charge in [-0.1, -0.05) is 0 Å². The second-order valence-electron chi connectivity index (χ2n) is 8.32. The summed E-state index contributed by atoms with van der Waals surface area (Å²) in [6.45, 7) is 2.71. The number of methoxy groups -OCH3 is 1. The first kappa shape index (κ1) is 19.8. The molecule has 9 heteroatoms. The lowest BCUT2D eigenvalue weighted by molar-refractivity contribution is -0.135. The van der Waals surface area contributed by atoms with Gasteiger partial charge in [0.2, 0.25) is 5.91 Å². The summed E-state index contributed by atoms with van der Waals surface area (Å²) in [6.07, 6.45) is 5.69. The fraction of sp³-hybridized carbons (Fsp3) is 0.292. The van der Waals surface area contributed by atoms with Crippen molar-refractivity contribution >= 4 is 38.7 Å². The molecule has 1 aromatic carbocycles. The molecule has 0 aliphatic carbocycles. The highest BCUT2D eigenvalue weighted by Crippen LogP contribution is 2.35. The van der Waals surface area contributed by atoms with Crippen molar-refractivity contribution in [1.29, 1.82) is 0 Å². The van der Waals surface area contributed by atoms with Gasteiger partial charge in [-0.25, -0.2) is 4.98 Å². The maximum absolute atomic E-state index is 13.0. The summed E-state index contributed by atoms with van der Waals surface area (Å²) in [7, 11) is 3.59. The van der Waals surface area contributed by atoms with E-state index in [1.165, 1.54) is 0 Å². The molecule has 0 spiro atoms. The second kappa shape index (κ2) is 7.63. The number of rotatable bonds is 4. The molecule has 9 nitrogen and oxygen atoms in total. The molecule has 0 saturated carbocycles. The molecule has 1 aliphatic rings. The van der Waals surface area contributed by atoms with Crippen LogP contribution >= 0.6 is 0 Å². The number of amides is 1. The fourth-order valence-electron chi connectivity index (χ4n) is 4.69. The second-order valence-corrected chi connectivity index (χ2v) is 8.32. The van der Waals surface area contributed by atoms with Gasteiger partial charge in [-0.3, -0.25) is 9.48 Å². The number of H-pyrrole nitrogens is 1. The van der Waals surface area contributed by atoms with Gasteiger partial charge < -0.3 is 23.9 Å². The zero-order chi connectivity index (χ0) is 22.5. The predicted molar refractivity (Wildman–Crippen MR) is 125 cm³/mol.